The molecule has 4 atom stereocenters. The molecule has 3 nitrogen and oxygen atoms in total. The van der Waals surface area contributed by atoms with Crippen molar-refractivity contribution in [1.82, 2.24) is 4.90 Å². The van der Waals surface area contributed by atoms with Crippen LogP contribution in [0.4, 0.5) is 0 Å². The highest BCUT2D eigenvalue weighted by Gasteiger charge is 2.46. The van der Waals surface area contributed by atoms with Gasteiger partial charge in [0.05, 0.1) is 18.3 Å². The molecule has 27 heavy (non-hydrogen) atoms. The molecular formula is C24H33NO2. The summed E-state index contributed by atoms with van der Waals surface area (Å²) in [6.45, 7) is 3.69. The molecule has 0 amide bonds. The van der Waals surface area contributed by atoms with Crippen LogP contribution in [0.3, 0.4) is 0 Å². The van der Waals surface area contributed by atoms with Gasteiger partial charge in [-0.3, -0.25) is 0 Å². The lowest BCUT2D eigenvalue weighted by molar-refractivity contribution is -0.117. The van der Waals surface area contributed by atoms with Crippen molar-refractivity contribution in [2.45, 2.75) is 50.4 Å². The van der Waals surface area contributed by atoms with Crippen molar-refractivity contribution in [1.29, 1.82) is 0 Å². The van der Waals surface area contributed by atoms with Crippen molar-refractivity contribution in [2.24, 2.45) is 5.92 Å². The molecule has 0 heterocycles. The van der Waals surface area contributed by atoms with Gasteiger partial charge >= 0.3 is 0 Å². The molecule has 3 heteroatoms. The Morgan fingerprint density at radius 3 is 2.33 bits per heavy atom. The molecule has 0 spiro atoms. The van der Waals surface area contributed by atoms with Gasteiger partial charge in [-0.15, -0.1) is 0 Å². The Hall–Kier alpha value is -1.68. The SMILES string of the molecule is CC(c1ccccc1)C1(O)CCC(OCc2ccccc2)CC1CN(C)C. The number of benzene rings is 2. The first-order chi connectivity index (χ1) is 13.0. The third-order valence-electron chi connectivity index (χ3n) is 6.08. The molecule has 1 aliphatic rings. The van der Waals surface area contributed by atoms with Crippen LogP contribution in [0.1, 0.15) is 43.2 Å². The third-order valence-corrected chi connectivity index (χ3v) is 6.08. The fourth-order valence-corrected chi connectivity index (χ4v) is 4.45. The molecule has 0 saturated heterocycles. The lowest BCUT2D eigenvalue weighted by Crippen LogP contribution is -2.51. The highest BCUT2D eigenvalue weighted by molar-refractivity contribution is 5.23. The molecule has 1 fully saturated rings. The zero-order chi connectivity index (χ0) is 19.3. The molecule has 0 aromatic heterocycles. The topological polar surface area (TPSA) is 32.7 Å². The molecular weight excluding hydrogens is 334 g/mol. The molecule has 0 bridgehead atoms. The molecule has 1 aliphatic carbocycles. The molecule has 4 unspecified atom stereocenters. The van der Waals surface area contributed by atoms with E-state index in [1.165, 1.54) is 11.1 Å². The van der Waals surface area contributed by atoms with Gasteiger partial charge in [-0.25, -0.2) is 0 Å². The lowest BCUT2D eigenvalue weighted by atomic mass is 9.66. The summed E-state index contributed by atoms with van der Waals surface area (Å²) in [5.41, 5.74) is 1.73. The Morgan fingerprint density at radius 2 is 1.70 bits per heavy atom. The summed E-state index contributed by atoms with van der Waals surface area (Å²) >= 11 is 0. The summed E-state index contributed by atoms with van der Waals surface area (Å²) in [5, 5.41) is 11.7. The Kier molecular flexibility index (Phi) is 6.69. The number of aliphatic hydroxyl groups is 1. The van der Waals surface area contributed by atoms with Crippen molar-refractivity contribution in [3.63, 3.8) is 0 Å². The van der Waals surface area contributed by atoms with E-state index in [-0.39, 0.29) is 17.9 Å². The Labute approximate surface area is 164 Å². The van der Waals surface area contributed by atoms with Gasteiger partial charge in [0, 0.05) is 18.4 Å². The number of ether oxygens (including phenoxy) is 1. The predicted octanol–water partition coefficient (Wildman–Crippen LogP) is 4.47. The van der Waals surface area contributed by atoms with Gasteiger partial charge in [-0.1, -0.05) is 67.6 Å². The molecule has 2 aromatic carbocycles. The van der Waals surface area contributed by atoms with Crippen LogP contribution in [-0.2, 0) is 11.3 Å². The normalized spacial score (nSPS) is 26.9. The summed E-state index contributed by atoms with van der Waals surface area (Å²) in [5.74, 6) is 0.302. The van der Waals surface area contributed by atoms with E-state index in [1.807, 2.05) is 12.1 Å². The van der Waals surface area contributed by atoms with Gasteiger partial charge < -0.3 is 14.7 Å². The Morgan fingerprint density at radius 1 is 1.07 bits per heavy atom. The second-order valence-corrected chi connectivity index (χ2v) is 8.28. The van der Waals surface area contributed by atoms with Gasteiger partial charge in [-0.05, 0) is 44.5 Å². The van der Waals surface area contributed by atoms with E-state index in [1.54, 1.807) is 0 Å². The first-order valence-electron chi connectivity index (χ1n) is 10.1. The maximum atomic E-state index is 11.7. The number of hydrogen-bond donors (Lipinski definition) is 1. The van der Waals surface area contributed by atoms with E-state index in [2.05, 4.69) is 74.4 Å². The Bertz CT molecular complexity index is 688. The van der Waals surface area contributed by atoms with Crippen LogP contribution in [0.15, 0.2) is 60.7 Å². The fraction of sp³-hybridized carbons (Fsp3) is 0.500. The molecule has 2 aromatic rings. The minimum atomic E-state index is -0.696. The van der Waals surface area contributed by atoms with Gasteiger partial charge in [-0.2, -0.15) is 0 Å². The van der Waals surface area contributed by atoms with Crippen molar-refractivity contribution in [3.05, 3.63) is 71.8 Å². The van der Waals surface area contributed by atoms with Crippen LogP contribution in [-0.4, -0.2) is 42.4 Å². The minimum absolute atomic E-state index is 0.110. The van der Waals surface area contributed by atoms with Crippen molar-refractivity contribution in [3.8, 4) is 0 Å². The average Bonchev–Trinajstić information content (AvgIpc) is 2.69. The maximum Gasteiger partial charge on any atom is 0.0755 e. The van der Waals surface area contributed by atoms with Gasteiger partial charge in [0.25, 0.3) is 0 Å². The zero-order valence-electron chi connectivity index (χ0n) is 16.8. The molecule has 0 radical (unpaired) electrons. The maximum absolute atomic E-state index is 11.7. The average molecular weight is 368 g/mol. The fourth-order valence-electron chi connectivity index (χ4n) is 4.45. The molecule has 1 N–H and O–H groups in total. The van der Waals surface area contributed by atoms with Crippen LogP contribution >= 0.6 is 0 Å². The smallest absolute Gasteiger partial charge is 0.0755 e. The minimum Gasteiger partial charge on any atom is -0.389 e. The molecule has 1 saturated carbocycles. The number of rotatable bonds is 7. The monoisotopic (exact) mass is 367 g/mol. The van der Waals surface area contributed by atoms with E-state index >= 15 is 0 Å². The van der Waals surface area contributed by atoms with E-state index in [0.29, 0.717) is 6.61 Å². The zero-order valence-corrected chi connectivity index (χ0v) is 16.8. The Balaban J connectivity index is 1.70. The first-order valence-corrected chi connectivity index (χ1v) is 10.1. The number of nitrogens with zero attached hydrogens (tertiary/aromatic N) is 1. The van der Waals surface area contributed by atoms with E-state index in [0.717, 1.165) is 25.8 Å². The van der Waals surface area contributed by atoms with Crippen LogP contribution in [0.25, 0.3) is 0 Å². The first kappa shape index (κ1) is 20.1. The lowest BCUT2D eigenvalue weighted by Gasteiger charge is -2.47. The van der Waals surface area contributed by atoms with Crippen molar-refractivity contribution < 1.29 is 9.84 Å². The summed E-state index contributed by atoms with van der Waals surface area (Å²) < 4.78 is 6.23. The van der Waals surface area contributed by atoms with E-state index in [4.69, 9.17) is 4.74 Å². The third kappa shape index (κ3) is 4.98. The standard InChI is InChI=1S/C24H33NO2/c1-19(21-12-8-5-9-13-21)24(26)15-14-23(16-22(24)17-25(2)3)27-18-20-10-6-4-7-11-20/h4-13,19,22-23,26H,14-18H2,1-3H3. The van der Waals surface area contributed by atoms with Crippen LogP contribution < -0.4 is 0 Å². The largest absolute Gasteiger partial charge is 0.389 e. The summed E-state index contributed by atoms with van der Waals surface area (Å²) in [6.07, 6.45) is 2.79. The summed E-state index contributed by atoms with van der Waals surface area (Å²) in [4.78, 5) is 2.19. The van der Waals surface area contributed by atoms with Crippen molar-refractivity contribution in [2.75, 3.05) is 20.6 Å². The molecule has 0 aliphatic heterocycles. The van der Waals surface area contributed by atoms with Crippen LogP contribution in [0, 0.1) is 5.92 Å². The van der Waals surface area contributed by atoms with Crippen molar-refractivity contribution >= 4 is 0 Å². The molecule has 3 rings (SSSR count). The second-order valence-electron chi connectivity index (χ2n) is 8.28. The van der Waals surface area contributed by atoms with E-state index < -0.39 is 5.60 Å². The molecule has 146 valence electrons. The van der Waals surface area contributed by atoms with Gasteiger partial charge in [0.15, 0.2) is 0 Å². The summed E-state index contributed by atoms with van der Waals surface area (Å²) in [7, 11) is 4.17. The van der Waals surface area contributed by atoms with Crippen LogP contribution in [0.2, 0.25) is 0 Å². The van der Waals surface area contributed by atoms with E-state index in [9.17, 15) is 5.11 Å². The van der Waals surface area contributed by atoms with Gasteiger partial charge in [0.1, 0.15) is 0 Å². The predicted molar refractivity (Wildman–Crippen MR) is 111 cm³/mol. The summed E-state index contributed by atoms with van der Waals surface area (Å²) in [6, 6.07) is 20.8. The highest BCUT2D eigenvalue weighted by Crippen LogP contribution is 2.44. The number of hydrogen-bond acceptors (Lipinski definition) is 3. The van der Waals surface area contributed by atoms with Crippen LogP contribution in [0.5, 0.6) is 0 Å². The quantitative estimate of drug-likeness (QED) is 0.784. The van der Waals surface area contributed by atoms with Gasteiger partial charge in [0.2, 0.25) is 0 Å². The second kappa shape index (κ2) is 9.01. The highest BCUT2D eigenvalue weighted by atomic mass is 16.5.